The van der Waals surface area contributed by atoms with Crippen molar-refractivity contribution in [2.75, 3.05) is 0 Å². The van der Waals surface area contributed by atoms with Gasteiger partial charge in [-0.15, -0.1) is 0 Å². The van der Waals surface area contributed by atoms with Crippen LogP contribution in [0.4, 0.5) is 0 Å². The van der Waals surface area contributed by atoms with Crippen molar-refractivity contribution in [1.29, 1.82) is 0 Å². The molecule has 74 valence electrons. The highest BCUT2D eigenvalue weighted by atomic mass is 35.5. The summed E-state index contributed by atoms with van der Waals surface area (Å²) < 4.78 is 0. The Hall–Kier alpha value is -0.730. The summed E-state index contributed by atoms with van der Waals surface area (Å²) in [5.41, 5.74) is 1.07. The molecule has 0 bridgehead atoms. The molecule has 0 spiro atoms. The van der Waals surface area contributed by atoms with Crippen molar-refractivity contribution in [2.45, 2.75) is 18.4 Å². The Balaban J connectivity index is 2.15. The number of benzene rings is 1. The second-order valence-corrected chi connectivity index (χ2v) is 4.24. The Morgan fingerprint density at radius 3 is 2.86 bits per heavy atom. The Bertz CT molecular complexity index is 367. The second kappa shape index (κ2) is 3.79. The second-order valence-electron chi connectivity index (χ2n) is 3.40. The third kappa shape index (κ3) is 1.86. The molecule has 0 aliphatic heterocycles. The topological polar surface area (TPSA) is 29.1 Å². The minimum Gasteiger partial charge on any atom is -0.355 e. The first-order valence-electron chi connectivity index (χ1n) is 4.37. The van der Waals surface area contributed by atoms with Gasteiger partial charge >= 0.3 is 0 Å². The lowest BCUT2D eigenvalue weighted by Gasteiger charge is -2.03. The predicted octanol–water partition coefficient (Wildman–Crippen LogP) is 2.60. The van der Waals surface area contributed by atoms with Crippen LogP contribution in [0.3, 0.4) is 0 Å². The maximum Gasteiger partial charge on any atom is 0.207 e. The molecule has 4 heteroatoms. The van der Waals surface area contributed by atoms with E-state index in [1.165, 1.54) is 0 Å². The summed E-state index contributed by atoms with van der Waals surface area (Å²) in [6.45, 7) is 0. The largest absolute Gasteiger partial charge is 0.355 e. The van der Waals surface area contributed by atoms with E-state index in [4.69, 9.17) is 23.2 Å². The first-order valence-corrected chi connectivity index (χ1v) is 5.12. The van der Waals surface area contributed by atoms with E-state index in [2.05, 4.69) is 5.32 Å². The summed E-state index contributed by atoms with van der Waals surface area (Å²) in [5, 5.41) is 4.05. The lowest BCUT2D eigenvalue weighted by atomic mass is 10.1. The van der Waals surface area contributed by atoms with E-state index in [-0.39, 0.29) is 6.04 Å². The molecule has 2 nitrogen and oxygen atoms in total. The molecule has 1 aromatic carbocycles. The fraction of sp³-hybridized carbons (Fsp3) is 0.300. The predicted molar refractivity (Wildman–Crippen MR) is 56.8 cm³/mol. The number of amides is 1. The average molecular weight is 230 g/mol. The number of rotatable bonds is 3. The van der Waals surface area contributed by atoms with Gasteiger partial charge in [-0.05, 0) is 24.1 Å². The van der Waals surface area contributed by atoms with Crippen molar-refractivity contribution in [3.05, 3.63) is 33.8 Å². The van der Waals surface area contributed by atoms with Crippen LogP contribution in [0.1, 0.15) is 17.9 Å². The first-order chi connectivity index (χ1) is 6.72. The molecule has 1 aliphatic carbocycles. The molecule has 0 aromatic heterocycles. The number of halogens is 2. The summed E-state index contributed by atoms with van der Waals surface area (Å²) in [6.07, 6.45) is 1.69. The summed E-state index contributed by atoms with van der Waals surface area (Å²) in [6, 6.07) is 5.71. The molecular formula is C10H9Cl2NO. The maximum atomic E-state index is 10.2. The molecule has 1 amide bonds. The van der Waals surface area contributed by atoms with Crippen LogP contribution in [0.25, 0.3) is 0 Å². The standard InChI is InChI=1S/C10H9Cl2NO/c11-6-1-2-7(9(12)3-6)8-4-10(8)13-5-14/h1-3,5,8,10H,4H2,(H,13,14)/t8-,10+/m0/s1. The number of hydrogen-bond donors (Lipinski definition) is 1. The van der Waals surface area contributed by atoms with E-state index in [9.17, 15) is 4.79 Å². The van der Waals surface area contributed by atoms with Gasteiger partial charge in [-0.1, -0.05) is 29.3 Å². The Labute approximate surface area is 92.2 Å². The van der Waals surface area contributed by atoms with Crippen LogP contribution in [-0.2, 0) is 4.79 Å². The van der Waals surface area contributed by atoms with Crippen LogP contribution in [0.15, 0.2) is 18.2 Å². The maximum absolute atomic E-state index is 10.2. The summed E-state index contributed by atoms with van der Waals surface area (Å²) in [4.78, 5) is 10.2. The van der Waals surface area contributed by atoms with Gasteiger partial charge in [-0.3, -0.25) is 4.79 Å². The molecule has 14 heavy (non-hydrogen) atoms. The summed E-state index contributed by atoms with van der Waals surface area (Å²) >= 11 is 11.8. The fourth-order valence-corrected chi connectivity index (χ4v) is 2.16. The quantitative estimate of drug-likeness (QED) is 0.794. The van der Waals surface area contributed by atoms with Crippen molar-refractivity contribution >= 4 is 29.6 Å². The van der Waals surface area contributed by atoms with Crippen LogP contribution in [0.2, 0.25) is 10.0 Å². The van der Waals surface area contributed by atoms with E-state index in [0.717, 1.165) is 18.4 Å². The van der Waals surface area contributed by atoms with Crippen LogP contribution in [0, 0.1) is 0 Å². The number of hydrogen-bond acceptors (Lipinski definition) is 1. The molecule has 2 atom stereocenters. The average Bonchev–Trinajstić information content (AvgIpc) is 2.84. The van der Waals surface area contributed by atoms with Crippen molar-refractivity contribution in [3.63, 3.8) is 0 Å². The summed E-state index contributed by atoms with van der Waals surface area (Å²) in [5.74, 6) is 0.352. The first kappa shape index (κ1) is 9.81. The molecule has 1 aliphatic rings. The minimum atomic E-state index is 0.242. The summed E-state index contributed by atoms with van der Waals surface area (Å²) in [7, 11) is 0. The van der Waals surface area contributed by atoms with Gasteiger partial charge in [-0.2, -0.15) is 0 Å². The number of carbonyl (C=O) groups is 1. The van der Waals surface area contributed by atoms with Crippen molar-refractivity contribution in [3.8, 4) is 0 Å². The number of nitrogens with one attached hydrogen (secondary N) is 1. The van der Waals surface area contributed by atoms with E-state index < -0.39 is 0 Å². The molecule has 1 aromatic rings. The monoisotopic (exact) mass is 229 g/mol. The molecule has 1 fully saturated rings. The Morgan fingerprint density at radius 1 is 1.43 bits per heavy atom. The highest BCUT2D eigenvalue weighted by Crippen LogP contribution is 2.43. The van der Waals surface area contributed by atoms with Crippen molar-refractivity contribution < 1.29 is 4.79 Å². The highest BCUT2D eigenvalue weighted by Gasteiger charge is 2.39. The molecule has 0 radical (unpaired) electrons. The molecule has 0 heterocycles. The van der Waals surface area contributed by atoms with Gasteiger partial charge < -0.3 is 5.32 Å². The van der Waals surface area contributed by atoms with Crippen molar-refractivity contribution in [2.24, 2.45) is 0 Å². The molecule has 0 unspecified atom stereocenters. The SMILES string of the molecule is O=CN[C@@H]1C[C@H]1c1ccc(Cl)cc1Cl. The number of carbonyl (C=O) groups excluding carboxylic acids is 1. The van der Waals surface area contributed by atoms with Gasteiger partial charge in [0.15, 0.2) is 0 Å². The highest BCUT2D eigenvalue weighted by molar-refractivity contribution is 6.35. The lowest BCUT2D eigenvalue weighted by molar-refractivity contribution is -0.109. The normalized spacial score (nSPS) is 24.4. The molecular weight excluding hydrogens is 221 g/mol. The van der Waals surface area contributed by atoms with E-state index in [1.807, 2.05) is 12.1 Å². The van der Waals surface area contributed by atoms with Gasteiger partial charge in [0.25, 0.3) is 0 Å². The molecule has 0 saturated heterocycles. The third-order valence-corrected chi connectivity index (χ3v) is 3.00. The van der Waals surface area contributed by atoms with Crippen LogP contribution in [0.5, 0.6) is 0 Å². The van der Waals surface area contributed by atoms with Gasteiger partial charge in [-0.25, -0.2) is 0 Å². The zero-order chi connectivity index (χ0) is 10.1. The van der Waals surface area contributed by atoms with Crippen LogP contribution in [-0.4, -0.2) is 12.5 Å². The minimum absolute atomic E-state index is 0.242. The van der Waals surface area contributed by atoms with Crippen molar-refractivity contribution in [1.82, 2.24) is 5.32 Å². The van der Waals surface area contributed by atoms with Crippen LogP contribution >= 0.6 is 23.2 Å². The van der Waals surface area contributed by atoms with E-state index in [0.29, 0.717) is 16.0 Å². The van der Waals surface area contributed by atoms with E-state index >= 15 is 0 Å². The van der Waals surface area contributed by atoms with Gasteiger partial charge in [0.05, 0.1) is 0 Å². The fourth-order valence-electron chi connectivity index (χ4n) is 1.61. The lowest BCUT2D eigenvalue weighted by Crippen LogP contribution is -2.14. The van der Waals surface area contributed by atoms with Gasteiger partial charge in [0.1, 0.15) is 0 Å². The Morgan fingerprint density at radius 2 is 2.21 bits per heavy atom. The molecule has 1 N–H and O–H groups in total. The molecule has 2 rings (SSSR count). The zero-order valence-electron chi connectivity index (χ0n) is 7.34. The molecule has 1 saturated carbocycles. The van der Waals surface area contributed by atoms with Crippen LogP contribution < -0.4 is 5.32 Å². The van der Waals surface area contributed by atoms with E-state index in [1.54, 1.807) is 6.07 Å². The van der Waals surface area contributed by atoms with Gasteiger partial charge in [0, 0.05) is 22.0 Å². The third-order valence-electron chi connectivity index (χ3n) is 2.43. The van der Waals surface area contributed by atoms with Gasteiger partial charge in [0.2, 0.25) is 6.41 Å². The zero-order valence-corrected chi connectivity index (χ0v) is 8.85. The smallest absolute Gasteiger partial charge is 0.207 e. The Kier molecular flexibility index (Phi) is 2.66.